The lowest BCUT2D eigenvalue weighted by atomic mass is 9.90. The van der Waals surface area contributed by atoms with Gasteiger partial charge < -0.3 is 5.73 Å². The Bertz CT molecular complexity index is 537. The van der Waals surface area contributed by atoms with Crippen molar-refractivity contribution in [3.8, 4) is 0 Å². The number of aromatic nitrogens is 1. The van der Waals surface area contributed by atoms with E-state index in [-0.39, 0.29) is 11.7 Å². The van der Waals surface area contributed by atoms with E-state index in [1.165, 1.54) is 0 Å². The normalized spacial score (nSPS) is 12.1. The van der Waals surface area contributed by atoms with Gasteiger partial charge in [0.2, 0.25) is 0 Å². The lowest BCUT2D eigenvalue weighted by Crippen LogP contribution is -2.22. The number of pyridine rings is 1. The maximum Gasteiger partial charge on any atom is 0.173 e. The summed E-state index contributed by atoms with van der Waals surface area (Å²) in [7, 11) is 0. The SMILES string of the molecule is Cc1ccncc1C(=O)C(CN)c1ccccc1. The first kappa shape index (κ1) is 12.5. The number of carbonyl (C=O) groups excluding carboxylic acids is 1. The molecule has 0 bridgehead atoms. The van der Waals surface area contributed by atoms with Crippen LogP contribution in [0.2, 0.25) is 0 Å². The maximum atomic E-state index is 12.5. The molecule has 0 saturated heterocycles. The molecule has 0 aliphatic rings. The molecule has 1 unspecified atom stereocenters. The average Bonchev–Trinajstić information content (AvgIpc) is 2.41. The van der Waals surface area contributed by atoms with Crippen LogP contribution in [0.1, 0.15) is 27.4 Å². The third-order valence-corrected chi connectivity index (χ3v) is 3.06. The fourth-order valence-electron chi connectivity index (χ4n) is 1.99. The summed E-state index contributed by atoms with van der Waals surface area (Å²) in [6.45, 7) is 2.21. The van der Waals surface area contributed by atoms with Crippen LogP contribution in [0.15, 0.2) is 48.8 Å². The summed E-state index contributed by atoms with van der Waals surface area (Å²) >= 11 is 0. The predicted octanol–water partition coefficient (Wildman–Crippen LogP) is 2.32. The molecule has 3 heteroatoms. The molecule has 0 radical (unpaired) electrons. The van der Waals surface area contributed by atoms with Crippen LogP contribution in [-0.4, -0.2) is 17.3 Å². The van der Waals surface area contributed by atoms with E-state index < -0.39 is 0 Å². The van der Waals surface area contributed by atoms with Gasteiger partial charge in [-0.05, 0) is 24.1 Å². The highest BCUT2D eigenvalue weighted by Gasteiger charge is 2.21. The lowest BCUT2D eigenvalue weighted by Gasteiger charge is -2.15. The van der Waals surface area contributed by atoms with Gasteiger partial charge in [0.25, 0.3) is 0 Å². The second-order valence-electron chi connectivity index (χ2n) is 4.25. The number of Topliss-reactive ketones (excluding diaryl/α,β-unsaturated/α-hetero) is 1. The molecule has 1 atom stereocenters. The Morgan fingerprint density at radius 2 is 2.00 bits per heavy atom. The van der Waals surface area contributed by atoms with Gasteiger partial charge in [-0.2, -0.15) is 0 Å². The summed E-state index contributed by atoms with van der Waals surface area (Å²) in [5.41, 5.74) is 8.29. The van der Waals surface area contributed by atoms with Gasteiger partial charge in [0.05, 0.1) is 5.92 Å². The van der Waals surface area contributed by atoms with E-state index in [2.05, 4.69) is 4.98 Å². The number of rotatable bonds is 4. The lowest BCUT2D eigenvalue weighted by molar-refractivity contribution is 0.0961. The minimum atomic E-state index is -0.297. The van der Waals surface area contributed by atoms with Crippen molar-refractivity contribution < 1.29 is 4.79 Å². The van der Waals surface area contributed by atoms with Gasteiger partial charge in [-0.25, -0.2) is 0 Å². The third kappa shape index (κ3) is 2.46. The molecular formula is C15H16N2O. The van der Waals surface area contributed by atoms with Crippen molar-refractivity contribution in [1.29, 1.82) is 0 Å². The number of hydrogen-bond donors (Lipinski definition) is 1. The van der Waals surface area contributed by atoms with E-state index >= 15 is 0 Å². The van der Waals surface area contributed by atoms with E-state index in [0.717, 1.165) is 11.1 Å². The van der Waals surface area contributed by atoms with Crippen molar-refractivity contribution in [2.45, 2.75) is 12.8 Å². The monoisotopic (exact) mass is 240 g/mol. The minimum Gasteiger partial charge on any atom is -0.329 e. The second kappa shape index (κ2) is 5.56. The van der Waals surface area contributed by atoms with Crippen LogP contribution in [0.5, 0.6) is 0 Å². The molecule has 0 aliphatic carbocycles. The molecule has 92 valence electrons. The first-order valence-corrected chi connectivity index (χ1v) is 5.94. The van der Waals surface area contributed by atoms with E-state index in [1.54, 1.807) is 12.4 Å². The molecule has 1 aromatic heterocycles. The molecule has 0 fully saturated rings. The standard InChI is InChI=1S/C15H16N2O/c1-11-7-8-17-10-14(11)15(18)13(9-16)12-5-3-2-4-6-12/h2-8,10,13H,9,16H2,1H3. The van der Waals surface area contributed by atoms with Gasteiger partial charge >= 0.3 is 0 Å². The van der Waals surface area contributed by atoms with Crippen molar-refractivity contribution >= 4 is 5.78 Å². The van der Waals surface area contributed by atoms with Crippen LogP contribution in [0.3, 0.4) is 0 Å². The zero-order valence-electron chi connectivity index (χ0n) is 10.3. The van der Waals surface area contributed by atoms with Gasteiger partial charge in [0, 0.05) is 24.5 Å². The predicted molar refractivity (Wildman–Crippen MR) is 71.5 cm³/mol. The van der Waals surface area contributed by atoms with Crippen molar-refractivity contribution in [1.82, 2.24) is 4.98 Å². The Morgan fingerprint density at radius 1 is 1.28 bits per heavy atom. The summed E-state index contributed by atoms with van der Waals surface area (Å²) in [6.07, 6.45) is 3.30. The fourth-order valence-corrected chi connectivity index (χ4v) is 1.99. The second-order valence-corrected chi connectivity index (χ2v) is 4.25. The maximum absolute atomic E-state index is 12.5. The Balaban J connectivity index is 2.35. The number of nitrogens with two attached hydrogens (primary N) is 1. The zero-order chi connectivity index (χ0) is 13.0. The topological polar surface area (TPSA) is 56.0 Å². The molecular weight excluding hydrogens is 224 g/mol. The van der Waals surface area contributed by atoms with Crippen LogP contribution in [0.4, 0.5) is 0 Å². The number of aryl methyl sites for hydroxylation is 1. The Labute approximate surface area is 107 Å². The highest BCUT2D eigenvalue weighted by Crippen LogP contribution is 2.21. The number of ketones is 1. The van der Waals surface area contributed by atoms with Gasteiger partial charge in [0.1, 0.15) is 0 Å². The molecule has 3 nitrogen and oxygen atoms in total. The van der Waals surface area contributed by atoms with Crippen LogP contribution in [0.25, 0.3) is 0 Å². The third-order valence-electron chi connectivity index (χ3n) is 3.06. The molecule has 2 N–H and O–H groups in total. The van der Waals surface area contributed by atoms with Crippen LogP contribution < -0.4 is 5.73 Å². The number of nitrogens with zero attached hydrogens (tertiary/aromatic N) is 1. The van der Waals surface area contributed by atoms with Gasteiger partial charge in [0.15, 0.2) is 5.78 Å². The number of hydrogen-bond acceptors (Lipinski definition) is 3. The Hall–Kier alpha value is -2.00. The highest BCUT2D eigenvalue weighted by atomic mass is 16.1. The van der Waals surface area contributed by atoms with Crippen molar-refractivity contribution in [3.63, 3.8) is 0 Å². The molecule has 2 aromatic rings. The molecule has 1 heterocycles. The summed E-state index contributed by atoms with van der Waals surface area (Å²) in [4.78, 5) is 16.5. The molecule has 1 aromatic carbocycles. The van der Waals surface area contributed by atoms with E-state index in [9.17, 15) is 4.79 Å². The first-order valence-electron chi connectivity index (χ1n) is 5.94. The van der Waals surface area contributed by atoms with Gasteiger partial charge in [-0.1, -0.05) is 30.3 Å². The summed E-state index contributed by atoms with van der Waals surface area (Å²) in [5.74, 6) is -0.261. The molecule has 0 amide bonds. The van der Waals surface area contributed by atoms with E-state index in [0.29, 0.717) is 12.1 Å². The van der Waals surface area contributed by atoms with Crippen LogP contribution in [-0.2, 0) is 0 Å². The highest BCUT2D eigenvalue weighted by molar-refractivity contribution is 6.02. The smallest absolute Gasteiger partial charge is 0.173 e. The molecule has 2 rings (SSSR count). The summed E-state index contributed by atoms with van der Waals surface area (Å²) < 4.78 is 0. The van der Waals surface area contributed by atoms with E-state index in [1.807, 2.05) is 43.3 Å². The average molecular weight is 240 g/mol. The molecule has 0 saturated carbocycles. The largest absolute Gasteiger partial charge is 0.329 e. The molecule has 0 aliphatic heterocycles. The Morgan fingerprint density at radius 3 is 2.61 bits per heavy atom. The van der Waals surface area contributed by atoms with Crippen molar-refractivity contribution in [2.24, 2.45) is 5.73 Å². The number of benzene rings is 1. The zero-order valence-corrected chi connectivity index (χ0v) is 10.3. The molecule has 18 heavy (non-hydrogen) atoms. The van der Waals surface area contributed by atoms with Gasteiger partial charge in [-0.15, -0.1) is 0 Å². The van der Waals surface area contributed by atoms with Crippen molar-refractivity contribution in [3.05, 3.63) is 65.5 Å². The first-order chi connectivity index (χ1) is 8.74. The van der Waals surface area contributed by atoms with Gasteiger partial charge in [-0.3, -0.25) is 9.78 Å². The Kier molecular flexibility index (Phi) is 3.85. The fraction of sp³-hybridized carbons (Fsp3) is 0.200. The van der Waals surface area contributed by atoms with Crippen molar-refractivity contribution in [2.75, 3.05) is 6.54 Å². The summed E-state index contributed by atoms with van der Waals surface area (Å²) in [5, 5.41) is 0. The summed E-state index contributed by atoms with van der Waals surface area (Å²) in [6, 6.07) is 11.5. The quantitative estimate of drug-likeness (QED) is 0.834. The number of carbonyl (C=O) groups is 1. The van der Waals surface area contributed by atoms with Crippen LogP contribution >= 0.6 is 0 Å². The van der Waals surface area contributed by atoms with E-state index in [4.69, 9.17) is 5.73 Å². The minimum absolute atomic E-state index is 0.0364. The molecule has 0 spiro atoms. The van der Waals surface area contributed by atoms with Crippen LogP contribution in [0, 0.1) is 6.92 Å².